The van der Waals surface area contributed by atoms with Gasteiger partial charge in [-0.25, -0.2) is 9.64 Å². The van der Waals surface area contributed by atoms with Gasteiger partial charge in [-0.2, -0.15) is 5.26 Å². The van der Waals surface area contributed by atoms with Crippen LogP contribution < -0.4 is 19.3 Å². The van der Waals surface area contributed by atoms with Crippen LogP contribution in [0.1, 0.15) is 11.1 Å². The molecule has 10 heteroatoms. The first kappa shape index (κ1) is 50.3. The summed E-state index contributed by atoms with van der Waals surface area (Å²) in [7, 11) is 0. The number of carbonyl (C=O) groups is 2. The van der Waals surface area contributed by atoms with Crippen LogP contribution in [0.15, 0.2) is 266 Å². The molecule has 0 fully saturated rings. The van der Waals surface area contributed by atoms with Crippen molar-refractivity contribution in [1.82, 2.24) is 0 Å². The van der Waals surface area contributed by atoms with Gasteiger partial charge < -0.3 is 29.5 Å². The zero-order valence-electron chi connectivity index (χ0n) is 41.7. The molecule has 0 heterocycles. The van der Waals surface area contributed by atoms with E-state index < -0.39 is 11.9 Å². The van der Waals surface area contributed by atoms with E-state index in [2.05, 4.69) is 63.2 Å². The lowest BCUT2D eigenvalue weighted by atomic mass is 10.0. The molecule has 10 aromatic rings. The lowest BCUT2D eigenvalue weighted by Crippen LogP contribution is -2.10. The average Bonchev–Trinajstić information content (AvgIpc) is 3.51. The van der Waals surface area contributed by atoms with E-state index >= 15 is 0 Å². The van der Waals surface area contributed by atoms with Crippen molar-refractivity contribution in [1.29, 1.82) is 5.26 Å². The number of carboxylic acids is 2. The Morgan fingerprint density at radius 2 is 0.654 bits per heavy atom. The van der Waals surface area contributed by atoms with Crippen molar-refractivity contribution < 1.29 is 29.3 Å². The van der Waals surface area contributed by atoms with Crippen molar-refractivity contribution in [3.63, 3.8) is 0 Å². The first-order valence-corrected chi connectivity index (χ1v) is 24.7. The number of rotatable bonds is 17. The van der Waals surface area contributed by atoms with Gasteiger partial charge >= 0.3 is 11.9 Å². The number of ether oxygens (including phenoxy) is 2. The fourth-order valence-corrected chi connectivity index (χ4v) is 8.84. The molecular weight excluding hydrogens is 969 g/mol. The second-order valence-electron chi connectivity index (χ2n) is 17.8. The standard InChI is InChI=1S/C68H46N4O6/c1-70-66(68(75)76)45-48-14-26-57(27-15-48)72(61-34-42-65(43-35-61)78-63-38-22-54(23-39-63)50-10-6-3-7-11-50)59-30-18-52(19-31-59)51-16-28-58(29-17-51)71(56-24-12-47(13-25-56)44-55(46-69)67(73)74)60-32-40-64(41-33-60)77-62-36-20-53(21-37-62)49-8-4-2-5-9-49/h2-45H,(H,73,74)(H,75,76). The van der Waals surface area contributed by atoms with E-state index in [0.29, 0.717) is 34.1 Å². The second-order valence-corrected chi connectivity index (χ2v) is 17.8. The molecule has 0 spiro atoms. The van der Waals surface area contributed by atoms with Gasteiger partial charge in [0.25, 0.3) is 5.70 Å². The zero-order chi connectivity index (χ0) is 53.8. The number of aliphatic carboxylic acids is 2. The molecule has 10 aromatic carbocycles. The van der Waals surface area contributed by atoms with Gasteiger partial charge in [0.15, 0.2) is 0 Å². The predicted octanol–water partition coefficient (Wildman–Crippen LogP) is 17.5. The highest BCUT2D eigenvalue weighted by atomic mass is 16.5. The molecule has 374 valence electrons. The number of hydrogen-bond donors (Lipinski definition) is 2. The summed E-state index contributed by atoms with van der Waals surface area (Å²) in [6.45, 7) is 7.31. The number of nitriles is 1. The predicted molar refractivity (Wildman–Crippen MR) is 309 cm³/mol. The van der Waals surface area contributed by atoms with Crippen molar-refractivity contribution in [2.24, 2.45) is 0 Å². The minimum absolute atomic E-state index is 0.360. The van der Waals surface area contributed by atoms with Gasteiger partial charge in [-0.1, -0.05) is 133 Å². The Labute approximate surface area is 451 Å². The molecule has 0 aliphatic heterocycles. The first-order valence-electron chi connectivity index (χ1n) is 24.7. The summed E-state index contributed by atoms with van der Waals surface area (Å²) in [6.07, 6.45) is 2.70. The molecule has 0 bridgehead atoms. The summed E-state index contributed by atoms with van der Waals surface area (Å²) in [4.78, 5) is 30.6. The van der Waals surface area contributed by atoms with Gasteiger partial charge in [-0.05, 0) is 178 Å². The van der Waals surface area contributed by atoms with Crippen LogP contribution in [0.3, 0.4) is 0 Å². The molecule has 10 nitrogen and oxygen atoms in total. The summed E-state index contributed by atoms with van der Waals surface area (Å²) < 4.78 is 12.5. The Kier molecular flexibility index (Phi) is 15.1. The van der Waals surface area contributed by atoms with E-state index in [1.165, 1.54) is 12.2 Å². The molecular formula is C68H46N4O6. The number of carboxylic acid groups (broad SMARTS) is 2. The number of benzene rings is 10. The smallest absolute Gasteiger partial charge is 0.346 e. The van der Waals surface area contributed by atoms with Gasteiger partial charge in [-0.3, -0.25) is 4.79 Å². The third-order valence-electron chi connectivity index (χ3n) is 12.8. The van der Waals surface area contributed by atoms with Crippen LogP contribution in [-0.4, -0.2) is 22.2 Å². The van der Waals surface area contributed by atoms with E-state index in [4.69, 9.17) is 16.0 Å². The molecule has 0 atom stereocenters. The molecule has 0 saturated carbocycles. The summed E-state index contributed by atoms with van der Waals surface area (Å²) in [5.74, 6) is 0.157. The number of hydrogen-bond acceptors (Lipinski definition) is 7. The van der Waals surface area contributed by atoms with Crippen LogP contribution >= 0.6 is 0 Å². The fourth-order valence-electron chi connectivity index (χ4n) is 8.84. The Balaban J connectivity index is 0.918. The molecule has 0 radical (unpaired) electrons. The van der Waals surface area contributed by atoms with Crippen LogP contribution in [0.2, 0.25) is 0 Å². The monoisotopic (exact) mass is 1010 g/mol. The maximum absolute atomic E-state index is 11.6. The van der Waals surface area contributed by atoms with Gasteiger partial charge in [0.05, 0.1) is 6.57 Å². The molecule has 0 aliphatic rings. The van der Waals surface area contributed by atoms with Gasteiger partial charge in [0, 0.05) is 34.1 Å². The summed E-state index contributed by atoms with van der Waals surface area (Å²) >= 11 is 0. The molecule has 2 N–H and O–H groups in total. The molecule has 10 rings (SSSR count). The van der Waals surface area contributed by atoms with Crippen LogP contribution in [0.5, 0.6) is 23.0 Å². The highest BCUT2D eigenvalue weighted by Gasteiger charge is 2.17. The zero-order valence-corrected chi connectivity index (χ0v) is 41.7. The van der Waals surface area contributed by atoms with Crippen LogP contribution in [-0.2, 0) is 9.59 Å². The highest BCUT2D eigenvalue weighted by molar-refractivity contribution is 5.97. The Morgan fingerprint density at radius 1 is 0.385 bits per heavy atom. The summed E-state index contributed by atoms with van der Waals surface area (Å²) in [5.41, 5.74) is 11.8. The topological polar surface area (TPSA) is 128 Å². The van der Waals surface area contributed by atoms with Crippen LogP contribution in [0, 0.1) is 17.9 Å². The molecule has 0 amide bonds. The minimum atomic E-state index is -1.29. The average molecular weight is 1020 g/mol. The lowest BCUT2D eigenvalue weighted by Gasteiger charge is -2.26. The van der Waals surface area contributed by atoms with Crippen LogP contribution in [0.4, 0.5) is 34.1 Å². The largest absolute Gasteiger partial charge is 0.486 e. The summed E-state index contributed by atoms with van der Waals surface area (Å²) in [5, 5.41) is 28.3. The highest BCUT2D eigenvalue weighted by Crippen LogP contribution is 2.40. The molecule has 0 unspecified atom stereocenters. The van der Waals surface area contributed by atoms with Gasteiger partial charge in [0.2, 0.25) is 0 Å². The number of anilines is 6. The Morgan fingerprint density at radius 3 is 0.949 bits per heavy atom. The van der Waals surface area contributed by atoms with E-state index in [0.717, 1.165) is 67.5 Å². The van der Waals surface area contributed by atoms with Crippen molar-refractivity contribution in [3.8, 4) is 62.4 Å². The Hall–Kier alpha value is -11.2. The maximum atomic E-state index is 11.6. The van der Waals surface area contributed by atoms with E-state index in [9.17, 15) is 25.1 Å². The van der Waals surface area contributed by atoms with Crippen molar-refractivity contribution in [2.45, 2.75) is 0 Å². The van der Waals surface area contributed by atoms with Crippen LogP contribution in [0.25, 0.3) is 50.4 Å². The quantitative estimate of drug-likeness (QED) is 0.0520. The van der Waals surface area contributed by atoms with E-state index in [1.54, 1.807) is 30.3 Å². The maximum Gasteiger partial charge on any atom is 0.346 e. The summed E-state index contributed by atoms with van der Waals surface area (Å²) in [6, 6.07) is 84.7. The first-order chi connectivity index (χ1) is 38.2. The van der Waals surface area contributed by atoms with Crippen molar-refractivity contribution in [3.05, 3.63) is 289 Å². The van der Waals surface area contributed by atoms with Gasteiger partial charge in [-0.15, -0.1) is 0 Å². The van der Waals surface area contributed by atoms with E-state index in [-0.39, 0.29) is 11.3 Å². The molecule has 0 saturated heterocycles. The van der Waals surface area contributed by atoms with Crippen molar-refractivity contribution in [2.75, 3.05) is 9.80 Å². The number of nitrogens with zero attached hydrogens (tertiary/aromatic N) is 4. The SMILES string of the molecule is [C-]#[N+]C(=Cc1ccc(N(c2ccc(Oc3ccc(-c4ccccc4)cc3)cc2)c2ccc(-c3ccc(N(c4ccc(C=C(C#N)C(=O)O)cc4)c4ccc(Oc5ccc(-c6ccccc6)cc5)cc4)cc3)cc2)cc1)C(=O)O. The second kappa shape index (κ2) is 23.3. The van der Waals surface area contributed by atoms with Crippen molar-refractivity contribution >= 4 is 58.2 Å². The third kappa shape index (κ3) is 11.9. The molecule has 78 heavy (non-hydrogen) atoms. The van der Waals surface area contributed by atoms with E-state index in [1.807, 2.05) is 182 Å². The minimum Gasteiger partial charge on any atom is -0.486 e. The lowest BCUT2D eigenvalue weighted by molar-refractivity contribution is -0.133. The molecule has 0 aromatic heterocycles. The fraction of sp³-hybridized carbons (Fsp3) is 0. The third-order valence-corrected chi connectivity index (χ3v) is 12.8. The van der Waals surface area contributed by atoms with Gasteiger partial charge in [0.1, 0.15) is 34.6 Å². The molecule has 0 aliphatic carbocycles. The Bertz CT molecular complexity index is 3590. The normalized spacial score (nSPS) is 11.2.